The molecule has 0 aliphatic heterocycles. The Balaban J connectivity index is 4.01. The number of nitrogens with one attached hydrogen (secondary N) is 4. The molecule has 0 aromatic carbocycles. The molecule has 0 saturated carbocycles. The summed E-state index contributed by atoms with van der Waals surface area (Å²) >= 11 is 4.00. The van der Waals surface area contributed by atoms with Gasteiger partial charge in [0.2, 0.25) is 17.7 Å². The zero-order chi connectivity index (χ0) is 19.8. The third-order valence-corrected chi connectivity index (χ3v) is 3.32. The Morgan fingerprint density at radius 3 is 2.46 bits per heavy atom. The second-order valence-corrected chi connectivity index (χ2v) is 5.44. The Morgan fingerprint density at radius 2 is 1.85 bits per heavy atom. The molecule has 0 bridgehead atoms. The van der Waals surface area contributed by atoms with E-state index in [4.69, 9.17) is 13.4 Å². The van der Waals surface area contributed by atoms with Crippen molar-refractivity contribution in [1.29, 1.82) is 0 Å². The molecule has 4 N–H and O–H groups in total. The van der Waals surface area contributed by atoms with Crippen LogP contribution in [-0.4, -0.2) is 69.3 Å². The van der Waals surface area contributed by atoms with Crippen LogP contribution in [0, 0.1) is 0 Å². The summed E-state index contributed by atoms with van der Waals surface area (Å²) in [4.78, 5) is 48.4. The quantitative estimate of drug-likeness (QED) is 0.0605. The van der Waals surface area contributed by atoms with Crippen LogP contribution in [0.2, 0.25) is 0 Å². The highest BCUT2D eigenvalue weighted by Crippen LogP contribution is 1.97. The maximum atomic E-state index is 12.0. The van der Waals surface area contributed by atoms with E-state index in [0.29, 0.717) is 13.1 Å². The molecule has 0 heterocycles. The molecule has 13 heteroatoms. The van der Waals surface area contributed by atoms with Gasteiger partial charge in [-0.25, -0.2) is 0 Å². The van der Waals surface area contributed by atoms with E-state index < -0.39 is 29.4 Å². The van der Waals surface area contributed by atoms with Crippen molar-refractivity contribution >= 4 is 43.9 Å². The van der Waals surface area contributed by atoms with Crippen molar-refractivity contribution in [2.75, 3.05) is 32.1 Å². The lowest BCUT2D eigenvalue weighted by Gasteiger charge is -2.16. The Labute approximate surface area is 157 Å². The summed E-state index contributed by atoms with van der Waals surface area (Å²) in [5, 5.41) is 13.5. The molecule has 0 aliphatic rings. The van der Waals surface area contributed by atoms with Crippen LogP contribution < -0.4 is 21.3 Å². The SMILES string of the molecule is [B]C(=O)CCCC(=O)N[C@@H](CS)C(=O)NCC(=O)NCCNCN=[N+]=[N-]. The average molecular weight is 383 g/mol. The van der Waals surface area contributed by atoms with Gasteiger partial charge in [-0.3, -0.25) is 14.4 Å². The fourth-order valence-corrected chi connectivity index (χ4v) is 1.94. The maximum absolute atomic E-state index is 12.0. The van der Waals surface area contributed by atoms with Gasteiger partial charge in [-0.2, -0.15) is 12.6 Å². The smallest absolute Gasteiger partial charge is 0.243 e. The summed E-state index contributed by atoms with van der Waals surface area (Å²) < 4.78 is 0. The van der Waals surface area contributed by atoms with Crippen molar-refractivity contribution in [1.82, 2.24) is 21.3 Å². The van der Waals surface area contributed by atoms with E-state index in [2.05, 4.69) is 43.9 Å². The minimum Gasteiger partial charge on any atom is -0.353 e. The van der Waals surface area contributed by atoms with Gasteiger partial charge in [0.1, 0.15) is 6.04 Å². The van der Waals surface area contributed by atoms with E-state index in [-0.39, 0.29) is 38.2 Å². The fourth-order valence-electron chi connectivity index (χ4n) is 1.69. The summed E-state index contributed by atoms with van der Waals surface area (Å²) in [6, 6.07) is -0.891. The van der Waals surface area contributed by atoms with E-state index in [0.717, 1.165) is 0 Å². The maximum Gasteiger partial charge on any atom is 0.243 e. The molecule has 0 saturated heterocycles. The molecule has 0 rings (SSSR count). The Hall–Kier alpha value is -2.24. The summed E-state index contributed by atoms with van der Waals surface area (Å²) in [5.74, 6) is -1.30. The molecule has 0 spiro atoms. The number of hydrogen-bond acceptors (Lipinski definition) is 7. The van der Waals surface area contributed by atoms with Crippen LogP contribution in [0.4, 0.5) is 0 Å². The minimum absolute atomic E-state index is 0.0539. The lowest BCUT2D eigenvalue weighted by molar-refractivity contribution is -0.129. The van der Waals surface area contributed by atoms with Gasteiger partial charge in [0.05, 0.1) is 18.9 Å². The normalized spacial score (nSPS) is 11.0. The van der Waals surface area contributed by atoms with Gasteiger partial charge < -0.3 is 26.1 Å². The molecular weight excluding hydrogens is 361 g/mol. The number of carbonyl (C=O) groups is 4. The molecule has 26 heavy (non-hydrogen) atoms. The number of rotatable bonds is 14. The van der Waals surface area contributed by atoms with Crippen LogP contribution in [0.1, 0.15) is 19.3 Å². The van der Waals surface area contributed by atoms with Gasteiger partial charge in [-0.15, -0.1) is 0 Å². The van der Waals surface area contributed by atoms with E-state index >= 15 is 0 Å². The molecule has 0 aromatic heterocycles. The number of hydrogen-bond donors (Lipinski definition) is 5. The van der Waals surface area contributed by atoms with Crippen molar-refractivity contribution in [3.8, 4) is 0 Å². The van der Waals surface area contributed by atoms with Crippen molar-refractivity contribution in [3.63, 3.8) is 0 Å². The average Bonchev–Trinajstić information content (AvgIpc) is 2.60. The molecule has 11 nitrogen and oxygen atoms in total. The highest BCUT2D eigenvalue weighted by atomic mass is 32.1. The van der Waals surface area contributed by atoms with E-state index in [9.17, 15) is 19.2 Å². The molecule has 142 valence electrons. The molecule has 2 radical (unpaired) electrons. The van der Waals surface area contributed by atoms with Crippen LogP contribution in [0.5, 0.6) is 0 Å². The predicted octanol–water partition coefficient (Wildman–Crippen LogP) is -1.64. The Morgan fingerprint density at radius 1 is 1.12 bits per heavy atom. The number of carbonyl (C=O) groups excluding carboxylic acids is 4. The summed E-state index contributed by atoms with van der Waals surface area (Å²) in [7, 11) is 4.98. The molecule has 1 atom stereocenters. The number of nitrogens with zero attached hydrogens (tertiary/aromatic N) is 3. The lowest BCUT2D eigenvalue weighted by Crippen LogP contribution is -2.50. The molecule has 0 aromatic rings. The van der Waals surface area contributed by atoms with Crippen LogP contribution in [0.25, 0.3) is 10.4 Å². The van der Waals surface area contributed by atoms with E-state index in [1.165, 1.54) is 0 Å². The molecule has 0 unspecified atom stereocenters. The lowest BCUT2D eigenvalue weighted by atomic mass is 9.97. The Bertz CT molecular complexity index is 543. The third-order valence-electron chi connectivity index (χ3n) is 2.95. The number of thiol groups is 1. The van der Waals surface area contributed by atoms with Crippen LogP contribution in [0.15, 0.2) is 5.11 Å². The van der Waals surface area contributed by atoms with E-state index in [1.54, 1.807) is 0 Å². The first-order valence-corrected chi connectivity index (χ1v) is 8.48. The fraction of sp³-hybridized carbons (Fsp3) is 0.692. The third kappa shape index (κ3) is 13.1. The number of azide groups is 1. The molecular formula is C13H22BN7O4S. The largest absolute Gasteiger partial charge is 0.353 e. The topological polar surface area (TPSA) is 165 Å². The minimum atomic E-state index is -0.891. The van der Waals surface area contributed by atoms with Crippen molar-refractivity contribution in [2.45, 2.75) is 25.3 Å². The Kier molecular flexibility index (Phi) is 13.8. The van der Waals surface area contributed by atoms with Gasteiger partial charge in [0, 0.05) is 30.2 Å². The zero-order valence-corrected chi connectivity index (χ0v) is 15.1. The van der Waals surface area contributed by atoms with Gasteiger partial charge in [0.15, 0.2) is 7.85 Å². The van der Waals surface area contributed by atoms with Crippen molar-refractivity contribution in [2.24, 2.45) is 5.11 Å². The van der Waals surface area contributed by atoms with Gasteiger partial charge in [-0.05, 0) is 18.4 Å². The first-order chi connectivity index (χ1) is 12.4. The first kappa shape index (κ1) is 23.8. The van der Waals surface area contributed by atoms with Gasteiger partial charge in [-0.1, -0.05) is 5.11 Å². The van der Waals surface area contributed by atoms with Gasteiger partial charge in [0.25, 0.3) is 0 Å². The highest BCUT2D eigenvalue weighted by molar-refractivity contribution is 7.80. The zero-order valence-electron chi connectivity index (χ0n) is 14.2. The van der Waals surface area contributed by atoms with Crippen LogP contribution >= 0.6 is 12.6 Å². The second-order valence-electron chi connectivity index (χ2n) is 5.08. The predicted molar refractivity (Wildman–Crippen MR) is 98.4 cm³/mol. The van der Waals surface area contributed by atoms with Crippen LogP contribution in [0.3, 0.4) is 0 Å². The highest BCUT2D eigenvalue weighted by Gasteiger charge is 2.19. The monoisotopic (exact) mass is 383 g/mol. The number of amides is 3. The summed E-state index contributed by atoms with van der Waals surface area (Å²) in [6.07, 6.45) is 0.436. The van der Waals surface area contributed by atoms with Crippen molar-refractivity contribution < 1.29 is 19.2 Å². The molecule has 0 fully saturated rings. The summed E-state index contributed by atoms with van der Waals surface area (Å²) in [5.41, 5.74) is 7.58. The first-order valence-electron chi connectivity index (χ1n) is 7.85. The van der Waals surface area contributed by atoms with E-state index in [1.807, 2.05) is 0 Å². The molecule has 3 amide bonds. The molecule has 0 aliphatic carbocycles. The van der Waals surface area contributed by atoms with Crippen molar-refractivity contribution in [3.05, 3.63) is 10.4 Å². The summed E-state index contributed by atoms with van der Waals surface area (Å²) in [6.45, 7) is 0.560. The van der Waals surface area contributed by atoms with Crippen LogP contribution in [-0.2, 0) is 19.2 Å². The van der Waals surface area contributed by atoms with Gasteiger partial charge >= 0.3 is 0 Å². The second kappa shape index (κ2) is 15.1. The standard InChI is InChI=1S/C13H22BN7O4S/c14-10(22)2-1-3-11(23)20-9(7-26)13(25)18-6-12(24)17-5-4-16-8-19-21-15/h9,16,26H,1-8H2,(H,17,24)(H,18,25)(H,20,23)/t9-/m0/s1.